The Morgan fingerprint density at radius 1 is 1.35 bits per heavy atom. The van der Waals surface area contributed by atoms with E-state index in [-0.39, 0.29) is 6.23 Å². The van der Waals surface area contributed by atoms with Crippen molar-refractivity contribution < 1.29 is 4.74 Å². The first-order chi connectivity index (χ1) is 9.72. The molecule has 6 heteroatoms. The highest BCUT2D eigenvalue weighted by Gasteiger charge is 2.15. The van der Waals surface area contributed by atoms with Gasteiger partial charge in [-0.05, 0) is 13.0 Å². The molecule has 0 bridgehead atoms. The van der Waals surface area contributed by atoms with Crippen LogP contribution in [0, 0.1) is 0 Å². The lowest BCUT2D eigenvalue weighted by Crippen LogP contribution is -2.14. The Kier molecular flexibility index (Phi) is 3.25. The molecule has 20 heavy (non-hydrogen) atoms. The van der Waals surface area contributed by atoms with Crippen LogP contribution in [0.1, 0.15) is 13.2 Å². The maximum absolute atomic E-state index is 5.99. The summed E-state index contributed by atoms with van der Waals surface area (Å²) in [7, 11) is 0. The number of nitrogen functional groups attached to an aromatic ring is 1. The summed E-state index contributed by atoms with van der Waals surface area (Å²) in [5.74, 6) is 0.434. The fourth-order valence-electron chi connectivity index (χ4n) is 2.36. The Labute approximate surface area is 116 Å². The second-order valence-electron chi connectivity index (χ2n) is 4.62. The molecule has 0 aliphatic rings. The van der Waals surface area contributed by atoms with E-state index in [4.69, 9.17) is 16.2 Å². The summed E-state index contributed by atoms with van der Waals surface area (Å²) in [5, 5.41) is 1.01. The summed E-state index contributed by atoms with van der Waals surface area (Å²) in [6.07, 6.45) is 1.57. The number of nitrogens with two attached hydrogens (primary N) is 2. The third-order valence-corrected chi connectivity index (χ3v) is 3.31. The number of nitrogens with zero attached hydrogens (tertiary/aromatic N) is 3. The van der Waals surface area contributed by atoms with Gasteiger partial charge >= 0.3 is 0 Å². The number of fused-ring (bicyclic) bond motifs is 3. The molecule has 1 unspecified atom stereocenters. The Bertz CT molecular complexity index is 752. The van der Waals surface area contributed by atoms with E-state index in [2.05, 4.69) is 9.97 Å². The van der Waals surface area contributed by atoms with Crippen LogP contribution in [-0.4, -0.2) is 27.7 Å². The minimum absolute atomic E-state index is 0.159. The number of imidazole rings is 1. The molecule has 0 spiro atoms. The SMILES string of the molecule is CC(OCCN)n1cnc2c(N)nc3ccccc3c21. The first kappa shape index (κ1) is 12.8. The molecule has 104 valence electrons. The van der Waals surface area contributed by atoms with Crippen molar-refractivity contribution in [3.8, 4) is 0 Å². The zero-order valence-corrected chi connectivity index (χ0v) is 11.3. The number of pyridine rings is 1. The summed E-state index contributed by atoms with van der Waals surface area (Å²) < 4.78 is 7.63. The molecule has 6 nitrogen and oxygen atoms in total. The van der Waals surface area contributed by atoms with Gasteiger partial charge in [-0.2, -0.15) is 0 Å². The topological polar surface area (TPSA) is 92.0 Å². The highest BCUT2D eigenvalue weighted by atomic mass is 16.5. The number of para-hydroxylation sites is 1. The van der Waals surface area contributed by atoms with Gasteiger partial charge in [0.2, 0.25) is 0 Å². The molecular weight excluding hydrogens is 254 g/mol. The predicted octanol–water partition coefficient (Wildman–Crippen LogP) is 1.66. The van der Waals surface area contributed by atoms with Crippen LogP contribution in [0.2, 0.25) is 0 Å². The van der Waals surface area contributed by atoms with Crippen molar-refractivity contribution in [2.45, 2.75) is 13.2 Å². The number of ether oxygens (including phenoxy) is 1. The van der Waals surface area contributed by atoms with E-state index in [0.29, 0.717) is 24.5 Å². The van der Waals surface area contributed by atoms with Gasteiger partial charge in [-0.1, -0.05) is 18.2 Å². The molecule has 0 fully saturated rings. The number of rotatable bonds is 4. The Hall–Kier alpha value is -2.18. The van der Waals surface area contributed by atoms with Crippen LogP contribution in [0.5, 0.6) is 0 Å². The van der Waals surface area contributed by atoms with Gasteiger partial charge in [0, 0.05) is 11.9 Å². The van der Waals surface area contributed by atoms with Crippen molar-refractivity contribution in [3.05, 3.63) is 30.6 Å². The second kappa shape index (κ2) is 5.07. The monoisotopic (exact) mass is 271 g/mol. The summed E-state index contributed by atoms with van der Waals surface area (Å²) in [5.41, 5.74) is 14.0. The molecular formula is C14H17N5O. The van der Waals surface area contributed by atoms with E-state index < -0.39 is 0 Å². The lowest BCUT2D eigenvalue weighted by molar-refractivity contribution is 0.0241. The molecule has 0 aliphatic carbocycles. The number of hydrogen-bond donors (Lipinski definition) is 2. The standard InChI is InChI=1S/C14H17N5O/c1-9(20-7-6-15)19-8-17-12-13(19)10-4-2-3-5-11(10)18-14(12)16/h2-5,8-9H,6-7,15H2,1H3,(H2,16,18). The van der Waals surface area contributed by atoms with Crippen LogP contribution >= 0.6 is 0 Å². The van der Waals surface area contributed by atoms with Crippen LogP contribution in [0.15, 0.2) is 30.6 Å². The zero-order valence-electron chi connectivity index (χ0n) is 11.3. The highest BCUT2D eigenvalue weighted by molar-refractivity contribution is 6.06. The Balaban J connectivity index is 2.23. The first-order valence-electron chi connectivity index (χ1n) is 6.55. The quantitative estimate of drug-likeness (QED) is 0.753. The van der Waals surface area contributed by atoms with E-state index in [1.54, 1.807) is 6.33 Å². The lowest BCUT2D eigenvalue weighted by Gasteiger charge is -2.15. The summed E-state index contributed by atoms with van der Waals surface area (Å²) in [6, 6.07) is 7.86. The Morgan fingerprint density at radius 3 is 2.95 bits per heavy atom. The largest absolute Gasteiger partial charge is 0.382 e. The van der Waals surface area contributed by atoms with Crippen molar-refractivity contribution in [2.24, 2.45) is 5.73 Å². The minimum Gasteiger partial charge on any atom is -0.382 e. The zero-order chi connectivity index (χ0) is 14.1. The normalized spacial score (nSPS) is 13.1. The van der Waals surface area contributed by atoms with Crippen LogP contribution in [0.3, 0.4) is 0 Å². The van der Waals surface area contributed by atoms with Crippen molar-refractivity contribution >= 4 is 27.8 Å². The number of aromatic nitrogens is 3. The molecule has 4 N–H and O–H groups in total. The fraction of sp³-hybridized carbons (Fsp3) is 0.286. The molecule has 0 amide bonds. The summed E-state index contributed by atoms with van der Waals surface area (Å²) >= 11 is 0. The Morgan fingerprint density at radius 2 is 2.15 bits per heavy atom. The third-order valence-electron chi connectivity index (χ3n) is 3.31. The number of hydrogen-bond acceptors (Lipinski definition) is 5. The molecule has 2 heterocycles. The van der Waals surface area contributed by atoms with E-state index in [0.717, 1.165) is 16.4 Å². The highest BCUT2D eigenvalue weighted by Crippen LogP contribution is 2.29. The molecule has 3 aromatic rings. The first-order valence-corrected chi connectivity index (χ1v) is 6.55. The smallest absolute Gasteiger partial charge is 0.152 e. The lowest BCUT2D eigenvalue weighted by atomic mass is 10.2. The number of anilines is 1. The van der Waals surface area contributed by atoms with Crippen LogP contribution < -0.4 is 11.5 Å². The maximum atomic E-state index is 5.99. The van der Waals surface area contributed by atoms with Gasteiger partial charge in [-0.25, -0.2) is 9.97 Å². The third kappa shape index (κ3) is 1.99. The maximum Gasteiger partial charge on any atom is 0.152 e. The molecule has 0 saturated carbocycles. The van der Waals surface area contributed by atoms with E-state index in [9.17, 15) is 0 Å². The van der Waals surface area contributed by atoms with Gasteiger partial charge in [0.15, 0.2) is 5.82 Å². The minimum atomic E-state index is -0.159. The van der Waals surface area contributed by atoms with Crippen LogP contribution in [0.4, 0.5) is 5.82 Å². The van der Waals surface area contributed by atoms with Gasteiger partial charge in [-0.3, -0.25) is 0 Å². The van der Waals surface area contributed by atoms with Crippen molar-refractivity contribution in [1.29, 1.82) is 0 Å². The van der Waals surface area contributed by atoms with E-state index >= 15 is 0 Å². The van der Waals surface area contributed by atoms with Crippen molar-refractivity contribution in [2.75, 3.05) is 18.9 Å². The van der Waals surface area contributed by atoms with Gasteiger partial charge in [0.05, 0.1) is 24.0 Å². The molecule has 1 aromatic carbocycles. The number of benzene rings is 1. The average Bonchev–Trinajstić information content (AvgIpc) is 2.91. The van der Waals surface area contributed by atoms with Gasteiger partial charge in [0.25, 0.3) is 0 Å². The summed E-state index contributed by atoms with van der Waals surface area (Å²) in [6.45, 7) is 2.95. The molecule has 3 rings (SSSR count). The average molecular weight is 271 g/mol. The van der Waals surface area contributed by atoms with Gasteiger partial charge in [-0.15, -0.1) is 0 Å². The van der Waals surface area contributed by atoms with Gasteiger partial charge in [0.1, 0.15) is 11.7 Å². The van der Waals surface area contributed by atoms with E-state index in [1.165, 1.54) is 0 Å². The fourth-order valence-corrected chi connectivity index (χ4v) is 2.36. The van der Waals surface area contributed by atoms with Gasteiger partial charge < -0.3 is 20.8 Å². The van der Waals surface area contributed by atoms with Crippen LogP contribution in [-0.2, 0) is 4.74 Å². The van der Waals surface area contributed by atoms with Crippen molar-refractivity contribution in [1.82, 2.24) is 14.5 Å². The molecule has 0 radical (unpaired) electrons. The second-order valence-corrected chi connectivity index (χ2v) is 4.62. The molecule has 2 aromatic heterocycles. The van der Waals surface area contributed by atoms with Crippen molar-refractivity contribution in [3.63, 3.8) is 0 Å². The molecule has 1 atom stereocenters. The predicted molar refractivity (Wildman–Crippen MR) is 79.2 cm³/mol. The molecule has 0 aliphatic heterocycles. The van der Waals surface area contributed by atoms with Crippen LogP contribution in [0.25, 0.3) is 21.9 Å². The van der Waals surface area contributed by atoms with E-state index in [1.807, 2.05) is 35.8 Å². The molecule has 0 saturated heterocycles. The summed E-state index contributed by atoms with van der Waals surface area (Å²) in [4.78, 5) is 8.74.